The molecule has 0 saturated carbocycles. The molecule has 6 nitrogen and oxygen atoms in total. The van der Waals surface area contributed by atoms with Crippen LogP contribution in [0, 0.1) is 6.92 Å². The molecular formula is C12H13N3O3. The Morgan fingerprint density at radius 2 is 2.11 bits per heavy atom. The van der Waals surface area contributed by atoms with Gasteiger partial charge in [0.25, 0.3) is 0 Å². The van der Waals surface area contributed by atoms with Crippen LogP contribution >= 0.6 is 0 Å². The average molecular weight is 247 g/mol. The second-order valence-electron chi connectivity index (χ2n) is 4.00. The van der Waals surface area contributed by atoms with Crippen molar-refractivity contribution in [2.75, 3.05) is 13.2 Å². The first-order valence-electron chi connectivity index (χ1n) is 5.72. The van der Waals surface area contributed by atoms with Gasteiger partial charge in [0.05, 0.1) is 12.1 Å². The third-order valence-corrected chi connectivity index (χ3v) is 2.78. The number of hydrogen-bond donors (Lipinski definition) is 1. The van der Waals surface area contributed by atoms with E-state index >= 15 is 0 Å². The molecule has 0 atom stereocenters. The smallest absolute Gasteiger partial charge is 0.240 e. The predicted molar refractivity (Wildman–Crippen MR) is 63.4 cm³/mol. The molecule has 2 heterocycles. The van der Waals surface area contributed by atoms with E-state index < -0.39 is 0 Å². The van der Waals surface area contributed by atoms with E-state index in [9.17, 15) is 0 Å². The molecule has 0 bridgehead atoms. The van der Waals surface area contributed by atoms with Crippen LogP contribution in [0.5, 0.6) is 11.5 Å². The van der Waals surface area contributed by atoms with Crippen LogP contribution in [0.4, 0.5) is 0 Å². The summed E-state index contributed by atoms with van der Waals surface area (Å²) in [7, 11) is 0. The van der Waals surface area contributed by atoms with Gasteiger partial charge in [-0.3, -0.25) is 0 Å². The normalized spacial score (nSPS) is 13.7. The molecule has 0 aliphatic carbocycles. The molecule has 3 rings (SSSR count). The van der Waals surface area contributed by atoms with Gasteiger partial charge in [-0.05, 0) is 18.6 Å². The molecule has 0 spiro atoms. The Balaban J connectivity index is 2.15. The Kier molecular flexibility index (Phi) is 2.64. The molecule has 18 heavy (non-hydrogen) atoms. The Morgan fingerprint density at radius 1 is 1.28 bits per heavy atom. The SMILES string of the molecule is Cc1ccc2c(c1-c1noc(CN)n1)OCCO2. The van der Waals surface area contributed by atoms with Crippen LogP contribution in [0.3, 0.4) is 0 Å². The lowest BCUT2D eigenvalue weighted by molar-refractivity contribution is 0.172. The summed E-state index contributed by atoms with van der Waals surface area (Å²) < 4.78 is 16.2. The summed E-state index contributed by atoms with van der Waals surface area (Å²) in [5.74, 6) is 2.26. The van der Waals surface area contributed by atoms with Crippen molar-refractivity contribution in [1.82, 2.24) is 10.1 Å². The van der Waals surface area contributed by atoms with Gasteiger partial charge in [-0.2, -0.15) is 4.98 Å². The van der Waals surface area contributed by atoms with Crippen molar-refractivity contribution in [2.45, 2.75) is 13.5 Å². The van der Waals surface area contributed by atoms with Crippen molar-refractivity contribution in [2.24, 2.45) is 5.73 Å². The number of benzene rings is 1. The van der Waals surface area contributed by atoms with E-state index in [4.69, 9.17) is 19.7 Å². The lowest BCUT2D eigenvalue weighted by Gasteiger charge is -2.21. The topological polar surface area (TPSA) is 83.4 Å². The van der Waals surface area contributed by atoms with Crippen LogP contribution in [0.1, 0.15) is 11.5 Å². The molecule has 94 valence electrons. The van der Waals surface area contributed by atoms with E-state index in [-0.39, 0.29) is 6.54 Å². The van der Waals surface area contributed by atoms with Gasteiger partial charge >= 0.3 is 0 Å². The van der Waals surface area contributed by atoms with Crippen LogP contribution < -0.4 is 15.2 Å². The van der Waals surface area contributed by atoms with Crippen molar-refractivity contribution in [3.8, 4) is 22.9 Å². The largest absolute Gasteiger partial charge is 0.486 e. The van der Waals surface area contributed by atoms with Crippen molar-refractivity contribution in [3.63, 3.8) is 0 Å². The molecule has 2 aromatic rings. The van der Waals surface area contributed by atoms with Crippen LogP contribution in [-0.4, -0.2) is 23.4 Å². The average Bonchev–Trinajstić information content (AvgIpc) is 2.87. The number of hydrogen-bond acceptors (Lipinski definition) is 6. The van der Waals surface area contributed by atoms with Crippen molar-refractivity contribution in [3.05, 3.63) is 23.6 Å². The molecule has 1 aliphatic rings. The van der Waals surface area contributed by atoms with Gasteiger partial charge in [0.15, 0.2) is 11.5 Å². The first-order chi connectivity index (χ1) is 8.79. The summed E-state index contributed by atoms with van der Waals surface area (Å²) in [5, 5.41) is 3.92. The second-order valence-corrected chi connectivity index (χ2v) is 4.00. The molecule has 0 fully saturated rings. The van der Waals surface area contributed by atoms with Crippen LogP contribution in [0.25, 0.3) is 11.4 Å². The number of rotatable bonds is 2. The van der Waals surface area contributed by atoms with E-state index in [1.165, 1.54) is 0 Å². The van der Waals surface area contributed by atoms with E-state index in [2.05, 4.69) is 10.1 Å². The maximum absolute atomic E-state index is 5.65. The lowest BCUT2D eigenvalue weighted by Crippen LogP contribution is -2.16. The molecule has 1 aliphatic heterocycles. The second kappa shape index (κ2) is 4.30. The fourth-order valence-corrected chi connectivity index (χ4v) is 1.93. The Labute approximate surface area is 104 Å². The molecule has 1 aromatic carbocycles. The molecule has 0 unspecified atom stereocenters. The number of nitrogens with two attached hydrogens (primary N) is 1. The standard InChI is InChI=1S/C12H13N3O3/c1-7-2-3-8-11(17-5-4-16-8)10(7)12-14-9(6-13)18-15-12/h2-3H,4-6,13H2,1H3. The maximum Gasteiger partial charge on any atom is 0.240 e. The first-order valence-corrected chi connectivity index (χ1v) is 5.72. The summed E-state index contributed by atoms with van der Waals surface area (Å²) in [6, 6.07) is 3.83. The van der Waals surface area contributed by atoms with Gasteiger partial charge in [0.2, 0.25) is 11.7 Å². The Bertz CT molecular complexity index is 580. The van der Waals surface area contributed by atoms with Gasteiger partial charge in [-0.15, -0.1) is 0 Å². The number of aryl methyl sites for hydroxylation is 1. The minimum absolute atomic E-state index is 0.221. The Hall–Kier alpha value is -2.08. The van der Waals surface area contributed by atoms with Crippen LogP contribution in [-0.2, 0) is 6.54 Å². The zero-order chi connectivity index (χ0) is 12.5. The number of aromatic nitrogens is 2. The molecule has 6 heteroatoms. The summed E-state index contributed by atoms with van der Waals surface area (Å²) in [6.07, 6.45) is 0. The zero-order valence-electron chi connectivity index (χ0n) is 9.97. The molecule has 2 N–H and O–H groups in total. The molecule has 1 aromatic heterocycles. The highest BCUT2D eigenvalue weighted by Gasteiger charge is 2.22. The monoisotopic (exact) mass is 247 g/mol. The summed E-state index contributed by atoms with van der Waals surface area (Å²) in [5.41, 5.74) is 7.27. The summed E-state index contributed by atoms with van der Waals surface area (Å²) in [4.78, 5) is 4.23. The van der Waals surface area contributed by atoms with Gasteiger partial charge in [-0.1, -0.05) is 11.2 Å². The summed E-state index contributed by atoms with van der Waals surface area (Å²) >= 11 is 0. The third kappa shape index (κ3) is 1.70. The predicted octanol–water partition coefficient (Wildman–Crippen LogP) is 1.27. The van der Waals surface area contributed by atoms with Gasteiger partial charge in [-0.25, -0.2) is 0 Å². The van der Waals surface area contributed by atoms with E-state index in [1.54, 1.807) is 0 Å². The van der Waals surface area contributed by atoms with Crippen molar-refractivity contribution >= 4 is 0 Å². The van der Waals surface area contributed by atoms with Gasteiger partial charge < -0.3 is 19.7 Å². The van der Waals surface area contributed by atoms with Crippen molar-refractivity contribution < 1.29 is 14.0 Å². The van der Waals surface area contributed by atoms with Crippen LogP contribution in [0.2, 0.25) is 0 Å². The van der Waals surface area contributed by atoms with Crippen LogP contribution in [0.15, 0.2) is 16.7 Å². The maximum atomic E-state index is 5.65. The van der Waals surface area contributed by atoms with E-state index in [0.717, 1.165) is 11.1 Å². The number of ether oxygens (including phenoxy) is 2. The van der Waals surface area contributed by atoms with Gasteiger partial charge in [0.1, 0.15) is 13.2 Å². The quantitative estimate of drug-likeness (QED) is 0.860. The third-order valence-electron chi connectivity index (χ3n) is 2.78. The highest BCUT2D eigenvalue weighted by atomic mass is 16.6. The molecular weight excluding hydrogens is 234 g/mol. The van der Waals surface area contributed by atoms with Gasteiger partial charge in [0, 0.05) is 0 Å². The minimum atomic E-state index is 0.221. The molecule has 0 amide bonds. The lowest BCUT2D eigenvalue weighted by atomic mass is 10.1. The number of fused-ring (bicyclic) bond motifs is 1. The van der Waals surface area contributed by atoms with Crippen molar-refractivity contribution in [1.29, 1.82) is 0 Å². The summed E-state index contributed by atoms with van der Waals surface area (Å²) in [6.45, 7) is 3.26. The fourth-order valence-electron chi connectivity index (χ4n) is 1.93. The highest BCUT2D eigenvalue weighted by molar-refractivity contribution is 5.72. The fraction of sp³-hybridized carbons (Fsp3) is 0.333. The van der Waals surface area contributed by atoms with E-state index in [0.29, 0.717) is 36.4 Å². The number of nitrogens with zero attached hydrogens (tertiary/aromatic N) is 2. The highest BCUT2D eigenvalue weighted by Crippen LogP contribution is 2.40. The minimum Gasteiger partial charge on any atom is -0.486 e. The molecule has 0 saturated heterocycles. The first kappa shape index (κ1) is 11.0. The zero-order valence-corrected chi connectivity index (χ0v) is 9.97. The Morgan fingerprint density at radius 3 is 2.89 bits per heavy atom. The molecule has 0 radical (unpaired) electrons. The van der Waals surface area contributed by atoms with E-state index in [1.807, 2.05) is 19.1 Å².